The number of benzene rings is 2. The summed E-state index contributed by atoms with van der Waals surface area (Å²) in [4.78, 5) is 39.4. The number of methoxy groups -OCH3 is 1. The molecule has 0 aromatic heterocycles. The molecule has 2 aromatic carbocycles. The van der Waals surface area contributed by atoms with Crippen LogP contribution in [0.5, 0.6) is 5.75 Å². The van der Waals surface area contributed by atoms with Gasteiger partial charge in [-0.3, -0.25) is 19.7 Å². The van der Waals surface area contributed by atoms with Crippen molar-refractivity contribution >= 4 is 45.8 Å². The minimum Gasteiger partial charge on any atom is -0.497 e. The van der Waals surface area contributed by atoms with Crippen molar-refractivity contribution in [1.29, 1.82) is 0 Å². The first kappa shape index (κ1) is 20.3. The van der Waals surface area contributed by atoms with Crippen LogP contribution < -0.4 is 15.4 Å². The van der Waals surface area contributed by atoms with Gasteiger partial charge in [-0.1, -0.05) is 11.8 Å². The fraction of sp³-hybridized carbons (Fsp3) is 0.211. The van der Waals surface area contributed by atoms with Crippen molar-refractivity contribution < 1.29 is 19.2 Å². The number of nitro groups is 1. The fourth-order valence-electron chi connectivity index (χ4n) is 2.63. The highest BCUT2D eigenvalue weighted by molar-refractivity contribution is 8.15. The van der Waals surface area contributed by atoms with Crippen LogP contribution in [-0.4, -0.2) is 34.3 Å². The zero-order chi connectivity index (χ0) is 21.0. The Balaban J connectivity index is 1.72. The number of amidine groups is 1. The second kappa shape index (κ2) is 8.74. The largest absolute Gasteiger partial charge is 0.497 e. The van der Waals surface area contributed by atoms with Crippen LogP contribution in [0.1, 0.15) is 12.0 Å². The van der Waals surface area contributed by atoms with E-state index in [2.05, 4.69) is 15.6 Å². The lowest BCUT2D eigenvalue weighted by Crippen LogP contribution is -2.41. The number of anilines is 1. The van der Waals surface area contributed by atoms with Crippen LogP contribution in [0.4, 0.5) is 17.1 Å². The molecule has 0 aliphatic carbocycles. The van der Waals surface area contributed by atoms with Crippen molar-refractivity contribution in [2.75, 3.05) is 12.4 Å². The number of aryl methyl sites for hydroxylation is 1. The molecule has 1 aliphatic heterocycles. The number of nitrogens with one attached hydrogen (secondary N) is 2. The number of thioether (sulfide) groups is 1. The van der Waals surface area contributed by atoms with Crippen LogP contribution in [0, 0.1) is 17.0 Å². The van der Waals surface area contributed by atoms with Crippen molar-refractivity contribution in [3.8, 4) is 5.75 Å². The highest BCUT2D eigenvalue weighted by Crippen LogP contribution is 2.27. The molecule has 1 fully saturated rings. The van der Waals surface area contributed by atoms with Crippen LogP contribution in [0.2, 0.25) is 0 Å². The smallest absolute Gasteiger partial charge is 0.269 e. The van der Waals surface area contributed by atoms with Gasteiger partial charge in [0.05, 0.1) is 17.7 Å². The lowest BCUT2D eigenvalue weighted by atomic mass is 10.1. The molecule has 0 radical (unpaired) electrons. The minimum absolute atomic E-state index is 0.00413. The number of aliphatic imine (C=N–C) groups is 1. The molecular weight excluding hydrogens is 396 g/mol. The molecule has 1 aliphatic rings. The van der Waals surface area contributed by atoms with Gasteiger partial charge in [-0.25, -0.2) is 4.99 Å². The topological polar surface area (TPSA) is 123 Å². The Kier molecular flexibility index (Phi) is 6.13. The molecule has 1 heterocycles. The van der Waals surface area contributed by atoms with Gasteiger partial charge in [-0.2, -0.15) is 0 Å². The van der Waals surface area contributed by atoms with Crippen molar-refractivity contribution in [1.82, 2.24) is 5.32 Å². The van der Waals surface area contributed by atoms with Crippen LogP contribution in [0.3, 0.4) is 0 Å². The molecule has 1 saturated heterocycles. The predicted octanol–water partition coefficient (Wildman–Crippen LogP) is 3.16. The Morgan fingerprint density at radius 1 is 1.31 bits per heavy atom. The molecule has 29 heavy (non-hydrogen) atoms. The summed E-state index contributed by atoms with van der Waals surface area (Å²) in [6.07, 6.45) is 0.00413. The van der Waals surface area contributed by atoms with E-state index in [1.165, 1.54) is 18.2 Å². The van der Waals surface area contributed by atoms with Crippen molar-refractivity contribution in [3.05, 3.63) is 58.1 Å². The number of carbonyl (C=O) groups excluding carboxylic acids is 2. The minimum atomic E-state index is -0.671. The molecule has 2 aromatic rings. The molecule has 9 nitrogen and oxygen atoms in total. The molecule has 150 valence electrons. The van der Waals surface area contributed by atoms with Gasteiger partial charge in [0.15, 0.2) is 5.17 Å². The van der Waals surface area contributed by atoms with Crippen LogP contribution in [0.25, 0.3) is 0 Å². The number of hydrogen-bond acceptors (Lipinski definition) is 7. The normalized spacial score (nSPS) is 17.5. The molecule has 0 saturated carbocycles. The second-order valence-electron chi connectivity index (χ2n) is 6.22. The number of non-ortho nitro benzene ring substituents is 1. The zero-order valence-electron chi connectivity index (χ0n) is 15.7. The molecule has 3 rings (SSSR count). The van der Waals surface area contributed by atoms with Gasteiger partial charge in [0.25, 0.3) is 5.69 Å². The van der Waals surface area contributed by atoms with E-state index < -0.39 is 10.2 Å². The third kappa shape index (κ3) is 5.11. The maximum absolute atomic E-state index is 12.6. The van der Waals surface area contributed by atoms with Gasteiger partial charge in [0, 0.05) is 24.2 Å². The van der Waals surface area contributed by atoms with E-state index in [0.29, 0.717) is 27.9 Å². The lowest BCUT2D eigenvalue weighted by molar-refractivity contribution is -0.384. The number of carbonyl (C=O) groups is 2. The average molecular weight is 414 g/mol. The standard InChI is InChI=1S/C19H18N4O5S/c1-11-9-13(23(26)27)5-8-15(11)21-18(25)16-10-17(24)22-19(29-16)20-12-3-6-14(28-2)7-4-12/h3-9,16H,10H2,1-2H3,(H,21,25)(H,20,22,24). The first-order valence-electron chi connectivity index (χ1n) is 8.61. The highest BCUT2D eigenvalue weighted by atomic mass is 32.2. The summed E-state index contributed by atoms with van der Waals surface area (Å²) in [5.41, 5.74) is 1.58. The third-order valence-corrected chi connectivity index (χ3v) is 5.23. The number of nitro benzene ring substituents is 1. The lowest BCUT2D eigenvalue weighted by Gasteiger charge is -2.22. The fourth-order valence-corrected chi connectivity index (χ4v) is 3.64. The first-order chi connectivity index (χ1) is 13.9. The summed E-state index contributed by atoms with van der Waals surface area (Å²) in [5, 5.41) is 15.9. The second-order valence-corrected chi connectivity index (χ2v) is 7.41. The van der Waals surface area contributed by atoms with E-state index in [1.807, 2.05) is 0 Å². The predicted molar refractivity (Wildman–Crippen MR) is 111 cm³/mol. The molecular formula is C19H18N4O5S. The molecule has 2 N–H and O–H groups in total. The van der Waals surface area contributed by atoms with E-state index in [4.69, 9.17) is 4.74 Å². The van der Waals surface area contributed by atoms with Gasteiger partial charge in [0.1, 0.15) is 11.0 Å². The summed E-state index contributed by atoms with van der Waals surface area (Å²) in [7, 11) is 1.56. The van der Waals surface area contributed by atoms with Gasteiger partial charge >= 0.3 is 0 Å². The van der Waals surface area contributed by atoms with E-state index >= 15 is 0 Å². The summed E-state index contributed by atoms with van der Waals surface area (Å²) in [6.45, 7) is 1.67. The Labute approximate surface area is 170 Å². The number of rotatable bonds is 5. The SMILES string of the molecule is COc1ccc(N=C2NC(=O)CC(C(=O)Nc3ccc([N+](=O)[O-])cc3C)S2)cc1. The van der Waals surface area contributed by atoms with Crippen molar-refractivity contribution in [2.45, 2.75) is 18.6 Å². The van der Waals surface area contributed by atoms with E-state index in [0.717, 1.165) is 11.8 Å². The molecule has 0 spiro atoms. The molecule has 1 unspecified atom stereocenters. The Morgan fingerprint density at radius 2 is 2.03 bits per heavy atom. The van der Waals surface area contributed by atoms with Crippen LogP contribution in [0.15, 0.2) is 47.5 Å². The number of hydrogen-bond donors (Lipinski definition) is 2. The third-order valence-electron chi connectivity index (χ3n) is 4.15. The first-order valence-corrected chi connectivity index (χ1v) is 9.49. The number of nitrogens with zero attached hydrogens (tertiary/aromatic N) is 2. The molecule has 1 atom stereocenters. The Bertz CT molecular complexity index is 991. The summed E-state index contributed by atoms with van der Waals surface area (Å²) < 4.78 is 5.10. The quantitative estimate of drug-likeness (QED) is 0.572. The van der Waals surface area contributed by atoms with Gasteiger partial charge in [0.2, 0.25) is 11.8 Å². The van der Waals surface area contributed by atoms with Gasteiger partial charge in [-0.15, -0.1) is 0 Å². The summed E-state index contributed by atoms with van der Waals surface area (Å²) >= 11 is 1.15. The van der Waals surface area contributed by atoms with Crippen molar-refractivity contribution in [2.24, 2.45) is 4.99 Å². The number of amides is 2. The zero-order valence-corrected chi connectivity index (χ0v) is 16.5. The molecule has 10 heteroatoms. The van der Waals surface area contributed by atoms with Crippen molar-refractivity contribution in [3.63, 3.8) is 0 Å². The Hall–Kier alpha value is -3.40. The Morgan fingerprint density at radius 3 is 2.66 bits per heavy atom. The van der Waals surface area contributed by atoms with Crippen LogP contribution in [-0.2, 0) is 9.59 Å². The number of ether oxygens (including phenoxy) is 1. The maximum Gasteiger partial charge on any atom is 0.269 e. The monoisotopic (exact) mass is 414 g/mol. The van der Waals surface area contributed by atoms with E-state index in [-0.39, 0.29) is 23.9 Å². The van der Waals surface area contributed by atoms with Crippen LogP contribution >= 0.6 is 11.8 Å². The average Bonchev–Trinajstić information content (AvgIpc) is 2.69. The van der Waals surface area contributed by atoms with Gasteiger partial charge in [-0.05, 0) is 42.8 Å². The molecule has 2 amide bonds. The maximum atomic E-state index is 12.6. The van der Waals surface area contributed by atoms with Gasteiger partial charge < -0.3 is 15.4 Å². The summed E-state index contributed by atoms with van der Waals surface area (Å²) in [6, 6.07) is 11.1. The van der Waals surface area contributed by atoms with E-state index in [1.54, 1.807) is 38.3 Å². The molecule has 0 bridgehead atoms. The highest BCUT2D eigenvalue weighted by Gasteiger charge is 2.30. The van der Waals surface area contributed by atoms with E-state index in [9.17, 15) is 19.7 Å². The summed E-state index contributed by atoms with van der Waals surface area (Å²) in [5.74, 6) is 0.00539.